The average molecular weight is 239 g/mol. The van der Waals surface area contributed by atoms with Gasteiger partial charge in [0.15, 0.2) is 4.75 Å². The van der Waals surface area contributed by atoms with Gasteiger partial charge in [-0.25, -0.2) is 0 Å². The molecule has 2 aromatic rings. The molecule has 0 spiro atoms. The standard InChI is InChI=1S/C15H13NS/c1-17-15(12-16,13-8-4-2-5-9-13)14-10-6-3-7-11-14/h2-11H,1H3. The van der Waals surface area contributed by atoms with Crippen molar-refractivity contribution in [2.75, 3.05) is 6.26 Å². The van der Waals surface area contributed by atoms with Gasteiger partial charge in [-0.3, -0.25) is 0 Å². The third-order valence-electron chi connectivity index (χ3n) is 2.82. The Labute approximate surface area is 106 Å². The third-order valence-corrected chi connectivity index (χ3v) is 4.00. The minimum Gasteiger partial charge on any atom is -0.196 e. The van der Waals surface area contributed by atoms with Crippen LogP contribution < -0.4 is 0 Å². The van der Waals surface area contributed by atoms with Crippen molar-refractivity contribution in [3.8, 4) is 6.07 Å². The minimum absolute atomic E-state index is 0.609. The van der Waals surface area contributed by atoms with Crippen molar-refractivity contribution >= 4 is 11.8 Å². The van der Waals surface area contributed by atoms with Crippen LogP contribution in [0.5, 0.6) is 0 Å². The summed E-state index contributed by atoms with van der Waals surface area (Å²) in [7, 11) is 0. The molecule has 0 radical (unpaired) electrons. The fourth-order valence-corrected chi connectivity index (χ4v) is 2.76. The van der Waals surface area contributed by atoms with Gasteiger partial charge in [-0.1, -0.05) is 60.7 Å². The molecular formula is C15H13NS. The molecule has 0 heterocycles. The molecule has 17 heavy (non-hydrogen) atoms. The number of nitrogens with zero attached hydrogens (tertiary/aromatic N) is 1. The van der Waals surface area contributed by atoms with Crippen LogP contribution in [0.25, 0.3) is 0 Å². The van der Waals surface area contributed by atoms with E-state index in [1.165, 1.54) is 0 Å². The molecule has 0 N–H and O–H groups in total. The summed E-state index contributed by atoms with van der Waals surface area (Å²) >= 11 is 1.56. The number of nitriles is 1. The van der Waals surface area contributed by atoms with Crippen LogP contribution in [0.1, 0.15) is 11.1 Å². The van der Waals surface area contributed by atoms with E-state index in [1.54, 1.807) is 11.8 Å². The first kappa shape index (κ1) is 11.8. The van der Waals surface area contributed by atoms with Gasteiger partial charge in [0.1, 0.15) is 0 Å². The predicted octanol–water partition coefficient (Wildman–Crippen LogP) is 3.82. The van der Waals surface area contributed by atoms with Gasteiger partial charge < -0.3 is 0 Å². The van der Waals surface area contributed by atoms with E-state index in [2.05, 4.69) is 6.07 Å². The fourth-order valence-electron chi connectivity index (χ4n) is 1.92. The van der Waals surface area contributed by atoms with Gasteiger partial charge in [-0.05, 0) is 17.4 Å². The second-order valence-electron chi connectivity index (χ2n) is 3.73. The SMILES string of the molecule is CSC(C#N)(c1ccccc1)c1ccccc1. The number of hydrogen-bond donors (Lipinski definition) is 0. The molecule has 0 fully saturated rings. The van der Waals surface area contributed by atoms with Gasteiger partial charge in [0.2, 0.25) is 0 Å². The zero-order chi connectivity index (χ0) is 12.1. The molecule has 0 amide bonds. The Kier molecular flexibility index (Phi) is 3.51. The van der Waals surface area contributed by atoms with Crippen LogP contribution in [0.15, 0.2) is 60.7 Å². The van der Waals surface area contributed by atoms with Crippen molar-refractivity contribution in [3.05, 3.63) is 71.8 Å². The van der Waals surface area contributed by atoms with Gasteiger partial charge in [0.05, 0.1) is 6.07 Å². The van der Waals surface area contributed by atoms with E-state index in [-0.39, 0.29) is 0 Å². The summed E-state index contributed by atoms with van der Waals surface area (Å²) < 4.78 is -0.609. The van der Waals surface area contributed by atoms with E-state index in [0.717, 1.165) is 11.1 Å². The highest BCUT2D eigenvalue weighted by molar-refractivity contribution is 8.00. The van der Waals surface area contributed by atoms with Crippen LogP contribution in [0.2, 0.25) is 0 Å². The zero-order valence-electron chi connectivity index (χ0n) is 9.63. The van der Waals surface area contributed by atoms with Gasteiger partial charge >= 0.3 is 0 Å². The Hall–Kier alpha value is -1.72. The van der Waals surface area contributed by atoms with E-state index < -0.39 is 4.75 Å². The van der Waals surface area contributed by atoms with Crippen LogP contribution in [0, 0.1) is 11.3 Å². The van der Waals surface area contributed by atoms with Gasteiger partial charge in [-0.15, -0.1) is 11.8 Å². The smallest absolute Gasteiger partial charge is 0.152 e. The number of benzene rings is 2. The second kappa shape index (κ2) is 5.07. The first-order chi connectivity index (χ1) is 8.33. The molecule has 0 aromatic heterocycles. The molecule has 0 aliphatic rings. The van der Waals surface area contributed by atoms with E-state index in [4.69, 9.17) is 0 Å². The summed E-state index contributed by atoms with van der Waals surface area (Å²) in [6, 6.07) is 22.3. The fraction of sp³-hybridized carbons (Fsp3) is 0.133. The molecule has 0 atom stereocenters. The highest BCUT2D eigenvalue weighted by Gasteiger charge is 2.33. The molecule has 2 rings (SSSR count). The van der Waals surface area contributed by atoms with Crippen LogP contribution in [-0.4, -0.2) is 6.26 Å². The molecule has 0 bridgehead atoms. The average Bonchev–Trinajstić information content (AvgIpc) is 2.43. The molecule has 1 nitrogen and oxygen atoms in total. The summed E-state index contributed by atoms with van der Waals surface area (Å²) in [6.45, 7) is 0. The van der Waals surface area contributed by atoms with Crippen molar-refractivity contribution in [2.24, 2.45) is 0 Å². The molecule has 0 saturated heterocycles. The summed E-state index contributed by atoms with van der Waals surface area (Å²) in [5.41, 5.74) is 2.06. The Balaban J connectivity index is 2.60. The molecule has 2 heteroatoms. The Morgan fingerprint density at radius 3 is 1.59 bits per heavy atom. The molecule has 2 aromatic carbocycles. The number of rotatable bonds is 3. The van der Waals surface area contributed by atoms with Crippen LogP contribution in [-0.2, 0) is 4.75 Å². The van der Waals surface area contributed by atoms with Crippen molar-refractivity contribution in [2.45, 2.75) is 4.75 Å². The van der Waals surface area contributed by atoms with Gasteiger partial charge in [0, 0.05) is 0 Å². The lowest BCUT2D eigenvalue weighted by Gasteiger charge is -2.25. The molecule has 0 saturated carbocycles. The molecule has 84 valence electrons. The Bertz CT molecular complexity index is 474. The normalized spacial score (nSPS) is 10.8. The lowest BCUT2D eigenvalue weighted by Crippen LogP contribution is -2.20. The highest BCUT2D eigenvalue weighted by Crippen LogP contribution is 2.40. The molecule has 0 aliphatic heterocycles. The second-order valence-corrected chi connectivity index (χ2v) is 4.75. The maximum absolute atomic E-state index is 9.61. The highest BCUT2D eigenvalue weighted by atomic mass is 32.2. The van der Waals surface area contributed by atoms with E-state index in [9.17, 15) is 5.26 Å². The lowest BCUT2D eigenvalue weighted by molar-refractivity contribution is 0.958. The van der Waals surface area contributed by atoms with E-state index >= 15 is 0 Å². The minimum atomic E-state index is -0.609. The number of hydrogen-bond acceptors (Lipinski definition) is 2. The van der Waals surface area contributed by atoms with Crippen LogP contribution in [0.3, 0.4) is 0 Å². The van der Waals surface area contributed by atoms with Crippen molar-refractivity contribution in [3.63, 3.8) is 0 Å². The summed E-state index contributed by atoms with van der Waals surface area (Å²) in [4.78, 5) is 0. The monoisotopic (exact) mass is 239 g/mol. The van der Waals surface area contributed by atoms with Gasteiger partial charge in [0.25, 0.3) is 0 Å². The van der Waals surface area contributed by atoms with Crippen molar-refractivity contribution in [1.82, 2.24) is 0 Å². The van der Waals surface area contributed by atoms with E-state index in [1.807, 2.05) is 66.9 Å². The topological polar surface area (TPSA) is 23.8 Å². The van der Waals surface area contributed by atoms with E-state index in [0.29, 0.717) is 0 Å². The largest absolute Gasteiger partial charge is 0.196 e. The summed E-state index contributed by atoms with van der Waals surface area (Å²) in [5, 5.41) is 9.61. The Morgan fingerprint density at radius 2 is 1.29 bits per heavy atom. The predicted molar refractivity (Wildman–Crippen MR) is 72.8 cm³/mol. The molecular weight excluding hydrogens is 226 g/mol. The Morgan fingerprint density at radius 1 is 0.882 bits per heavy atom. The maximum Gasteiger partial charge on any atom is 0.152 e. The summed E-state index contributed by atoms with van der Waals surface area (Å²) in [6.07, 6.45) is 1.98. The lowest BCUT2D eigenvalue weighted by atomic mass is 9.91. The van der Waals surface area contributed by atoms with Crippen molar-refractivity contribution < 1.29 is 0 Å². The van der Waals surface area contributed by atoms with Crippen LogP contribution >= 0.6 is 11.8 Å². The first-order valence-corrected chi connectivity index (χ1v) is 6.63. The number of thioether (sulfide) groups is 1. The maximum atomic E-state index is 9.61. The van der Waals surface area contributed by atoms with Crippen molar-refractivity contribution in [1.29, 1.82) is 5.26 Å². The molecule has 0 aliphatic carbocycles. The summed E-state index contributed by atoms with van der Waals surface area (Å²) in [5.74, 6) is 0. The quantitative estimate of drug-likeness (QED) is 0.813. The van der Waals surface area contributed by atoms with Gasteiger partial charge in [-0.2, -0.15) is 5.26 Å². The van der Waals surface area contributed by atoms with Crippen LogP contribution in [0.4, 0.5) is 0 Å². The first-order valence-electron chi connectivity index (χ1n) is 5.41. The zero-order valence-corrected chi connectivity index (χ0v) is 10.4. The molecule has 0 unspecified atom stereocenters. The third kappa shape index (κ3) is 2.07.